The summed E-state index contributed by atoms with van der Waals surface area (Å²) in [5.74, 6) is 0.0887. The van der Waals surface area contributed by atoms with Gasteiger partial charge in [-0.2, -0.15) is 0 Å². The van der Waals surface area contributed by atoms with Gasteiger partial charge in [0.05, 0.1) is 17.7 Å². The maximum absolute atomic E-state index is 13.3. The van der Waals surface area contributed by atoms with E-state index in [2.05, 4.69) is 5.32 Å². The largest absolute Gasteiger partial charge is 0.491 e. The number of methoxy groups -OCH3 is 1. The number of nitrogens with one attached hydrogen (secondary N) is 1. The highest BCUT2D eigenvalue weighted by atomic mass is 16.5. The van der Waals surface area contributed by atoms with E-state index in [9.17, 15) is 14.4 Å². The fourth-order valence-electron chi connectivity index (χ4n) is 3.74. The van der Waals surface area contributed by atoms with Crippen molar-refractivity contribution in [2.24, 2.45) is 5.92 Å². The van der Waals surface area contributed by atoms with Gasteiger partial charge in [0.2, 0.25) is 11.8 Å². The Morgan fingerprint density at radius 2 is 1.97 bits per heavy atom. The second-order valence-corrected chi connectivity index (χ2v) is 8.28. The van der Waals surface area contributed by atoms with Crippen LogP contribution >= 0.6 is 0 Å². The molecule has 1 N–H and O–H groups in total. The molecule has 0 fully saturated rings. The van der Waals surface area contributed by atoms with Crippen LogP contribution in [0.1, 0.15) is 50.9 Å². The van der Waals surface area contributed by atoms with Crippen molar-refractivity contribution in [1.29, 1.82) is 0 Å². The summed E-state index contributed by atoms with van der Waals surface area (Å²) in [5, 5.41) is 2.83. The third kappa shape index (κ3) is 6.43. The molecule has 2 rings (SSSR count). The van der Waals surface area contributed by atoms with Crippen molar-refractivity contribution in [2.45, 2.75) is 52.7 Å². The zero-order valence-corrected chi connectivity index (χ0v) is 19.4. The van der Waals surface area contributed by atoms with Crippen LogP contribution in [0.3, 0.4) is 0 Å². The number of rotatable bonds is 4. The highest BCUT2D eigenvalue weighted by Gasteiger charge is 2.29. The Hall–Kier alpha value is -2.61. The summed E-state index contributed by atoms with van der Waals surface area (Å²) in [6.45, 7) is 8.54. The Kier molecular flexibility index (Phi) is 8.86. The van der Waals surface area contributed by atoms with Crippen molar-refractivity contribution in [2.75, 3.05) is 39.2 Å². The van der Waals surface area contributed by atoms with E-state index < -0.39 is 0 Å². The van der Waals surface area contributed by atoms with E-state index >= 15 is 0 Å². The van der Waals surface area contributed by atoms with Crippen LogP contribution in [0.25, 0.3) is 0 Å². The molecule has 1 aromatic rings. The molecule has 0 saturated heterocycles. The first-order valence-corrected chi connectivity index (χ1v) is 10.8. The lowest BCUT2D eigenvalue weighted by Gasteiger charge is -2.35. The van der Waals surface area contributed by atoms with Crippen LogP contribution in [0, 0.1) is 5.92 Å². The van der Waals surface area contributed by atoms with E-state index in [1.165, 1.54) is 0 Å². The summed E-state index contributed by atoms with van der Waals surface area (Å²) < 4.78 is 11.6. The first-order chi connectivity index (χ1) is 14.7. The second kappa shape index (κ2) is 11.1. The monoisotopic (exact) mass is 433 g/mol. The van der Waals surface area contributed by atoms with E-state index in [1.807, 2.05) is 20.8 Å². The number of nitrogens with zero attached hydrogens (tertiary/aromatic N) is 2. The Labute approximate surface area is 184 Å². The summed E-state index contributed by atoms with van der Waals surface area (Å²) in [6.07, 6.45) is 0.912. The minimum Gasteiger partial charge on any atom is -0.491 e. The third-order valence-corrected chi connectivity index (χ3v) is 5.61. The molecule has 0 saturated carbocycles. The minimum absolute atomic E-state index is 0.0187. The molecule has 1 aromatic carbocycles. The van der Waals surface area contributed by atoms with Crippen LogP contribution in [0.5, 0.6) is 5.75 Å². The topological polar surface area (TPSA) is 88.2 Å². The number of fused-ring (bicyclic) bond motifs is 1. The number of hydrogen-bond donors (Lipinski definition) is 1. The molecular weight excluding hydrogens is 398 g/mol. The lowest BCUT2D eigenvalue weighted by molar-refractivity contribution is -0.133. The maximum atomic E-state index is 13.3. The molecule has 0 bridgehead atoms. The normalized spacial score (nSPS) is 22.6. The van der Waals surface area contributed by atoms with Crippen LogP contribution in [0.2, 0.25) is 0 Å². The van der Waals surface area contributed by atoms with Gasteiger partial charge < -0.3 is 24.6 Å². The quantitative estimate of drug-likeness (QED) is 0.789. The van der Waals surface area contributed by atoms with Gasteiger partial charge in [0.25, 0.3) is 5.91 Å². The van der Waals surface area contributed by atoms with Gasteiger partial charge in [-0.05, 0) is 31.5 Å². The van der Waals surface area contributed by atoms with E-state index in [-0.39, 0.29) is 42.4 Å². The van der Waals surface area contributed by atoms with Crippen LogP contribution in [0.15, 0.2) is 18.2 Å². The predicted octanol–water partition coefficient (Wildman–Crippen LogP) is 2.78. The van der Waals surface area contributed by atoms with Crippen LogP contribution in [0.4, 0.5) is 5.69 Å². The molecule has 0 aliphatic carbocycles. The average Bonchev–Trinajstić information content (AvgIpc) is 2.72. The molecule has 31 heavy (non-hydrogen) atoms. The lowest BCUT2D eigenvalue weighted by Crippen LogP contribution is -2.48. The molecule has 1 heterocycles. The molecule has 0 aromatic heterocycles. The highest BCUT2D eigenvalue weighted by molar-refractivity contribution is 5.99. The molecule has 8 nitrogen and oxygen atoms in total. The Bertz CT molecular complexity index is 797. The average molecular weight is 434 g/mol. The summed E-state index contributed by atoms with van der Waals surface area (Å²) in [7, 11) is 3.33. The summed E-state index contributed by atoms with van der Waals surface area (Å²) >= 11 is 0. The van der Waals surface area contributed by atoms with Crippen molar-refractivity contribution < 1.29 is 23.9 Å². The molecule has 3 amide bonds. The maximum Gasteiger partial charge on any atom is 0.257 e. The SMILES string of the molecule is CCCC(=O)Nc1ccc2c(c1)C(=O)N(C)C[C@@H](OC)[C@@H](C)CN(C(C)=O)[C@@H](C)CO2. The molecular formula is C23H35N3O5. The number of anilines is 1. The van der Waals surface area contributed by atoms with Crippen LogP contribution < -0.4 is 10.1 Å². The van der Waals surface area contributed by atoms with Gasteiger partial charge in [0.15, 0.2) is 0 Å². The van der Waals surface area contributed by atoms with Gasteiger partial charge in [0.1, 0.15) is 12.4 Å². The molecule has 172 valence electrons. The summed E-state index contributed by atoms with van der Waals surface area (Å²) in [5.41, 5.74) is 0.908. The van der Waals surface area contributed by atoms with Gasteiger partial charge in [-0.3, -0.25) is 14.4 Å². The van der Waals surface area contributed by atoms with E-state index in [0.717, 1.165) is 6.42 Å². The van der Waals surface area contributed by atoms with Crippen molar-refractivity contribution >= 4 is 23.4 Å². The van der Waals surface area contributed by atoms with Crippen LogP contribution in [-0.4, -0.2) is 73.5 Å². The second-order valence-electron chi connectivity index (χ2n) is 8.28. The minimum atomic E-state index is -0.237. The molecule has 0 spiro atoms. The molecule has 0 unspecified atom stereocenters. The number of amides is 3. The Morgan fingerprint density at radius 3 is 2.58 bits per heavy atom. The van der Waals surface area contributed by atoms with Crippen molar-refractivity contribution in [3.05, 3.63) is 23.8 Å². The van der Waals surface area contributed by atoms with E-state index in [4.69, 9.17) is 9.47 Å². The smallest absolute Gasteiger partial charge is 0.257 e. The van der Waals surface area contributed by atoms with Gasteiger partial charge in [0, 0.05) is 52.2 Å². The van der Waals surface area contributed by atoms with Crippen LogP contribution in [-0.2, 0) is 14.3 Å². The Balaban J connectivity index is 2.42. The predicted molar refractivity (Wildman–Crippen MR) is 119 cm³/mol. The number of hydrogen-bond acceptors (Lipinski definition) is 5. The first kappa shape index (κ1) is 24.7. The highest BCUT2D eigenvalue weighted by Crippen LogP contribution is 2.26. The summed E-state index contributed by atoms with van der Waals surface area (Å²) in [6, 6.07) is 4.88. The van der Waals surface area contributed by atoms with Gasteiger partial charge in [-0.15, -0.1) is 0 Å². The third-order valence-electron chi connectivity index (χ3n) is 5.61. The summed E-state index contributed by atoms with van der Waals surface area (Å²) in [4.78, 5) is 40.9. The number of carbonyl (C=O) groups excluding carboxylic acids is 3. The zero-order chi connectivity index (χ0) is 23.1. The van der Waals surface area contributed by atoms with Crippen molar-refractivity contribution in [3.8, 4) is 5.75 Å². The standard InChI is InChI=1S/C23H35N3O5/c1-7-8-22(28)24-18-9-10-20-19(11-18)23(29)25(5)13-21(30-6)15(2)12-26(17(4)27)16(3)14-31-20/h9-11,15-16,21H,7-8,12-14H2,1-6H3,(H,24,28)/t15-,16-,21+/m0/s1. The van der Waals surface area contributed by atoms with Gasteiger partial charge in [-0.25, -0.2) is 0 Å². The Morgan fingerprint density at radius 1 is 1.26 bits per heavy atom. The fraction of sp³-hybridized carbons (Fsp3) is 0.609. The number of likely N-dealkylation sites (N-methyl/N-ethyl adjacent to an activating group) is 1. The first-order valence-electron chi connectivity index (χ1n) is 10.8. The number of ether oxygens (including phenoxy) is 2. The van der Waals surface area contributed by atoms with Gasteiger partial charge >= 0.3 is 0 Å². The van der Waals surface area contributed by atoms with E-state index in [0.29, 0.717) is 36.5 Å². The van der Waals surface area contributed by atoms with Gasteiger partial charge in [-0.1, -0.05) is 13.8 Å². The molecule has 8 heteroatoms. The van der Waals surface area contributed by atoms with Crippen molar-refractivity contribution in [3.63, 3.8) is 0 Å². The lowest BCUT2D eigenvalue weighted by atomic mass is 10.0. The molecule has 0 radical (unpaired) electrons. The molecule has 1 aliphatic rings. The van der Waals surface area contributed by atoms with E-state index in [1.54, 1.807) is 49.1 Å². The fourth-order valence-corrected chi connectivity index (χ4v) is 3.74. The molecule has 1 aliphatic heterocycles. The molecule has 3 atom stereocenters. The number of benzene rings is 1. The number of carbonyl (C=O) groups is 3. The zero-order valence-electron chi connectivity index (χ0n) is 19.4. The van der Waals surface area contributed by atoms with Crippen molar-refractivity contribution in [1.82, 2.24) is 9.80 Å².